The highest BCUT2D eigenvalue weighted by molar-refractivity contribution is 14.0. The molecule has 1 aliphatic heterocycles. The fourth-order valence-electron chi connectivity index (χ4n) is 2.20. The smallest absolute Gasteiger partial charge is 0.387 e. The molecule has 1 aliphatic rings. The molecule has 0 aliphatic carbocycles. The fourth-order valence-corrected chi connectivity index (χ4v) is 2.82. The van der Waals surface area contributed by atoms with Gasteiger partial charge >= 0.3 is 6.61 Å². The Hall–Kier alpha value is -1.61. The highest BCUT2D eigenvalue weighted by Gasteiger charge is 2.20. The maximum Gasteiger partial charge on any atom is 0.387 e. The van der Waals surface area contributed by atoms with Crippen LogP contribution in [0.5, 0.6) is 17.2 Å². The van der Waals surface area contributed by atoms with Crippen molar-refractivity contribution < 1.29 is 31.4 Å². The molecule has 0 bridgehead atoms. The van der Waals surface area contributed by atoms with Crippen molar-refractivity contribution >= 4 is 40.0 Å². The first kappa shape index (κ1) is 24.4. The first-order valence-corrected chi connectivity index (χ1v) is 9.79. The summed E-state index contributed by atoms with van der Waals surface area (Å²) in [7, 11) is -1.74. The van der Waals surface area contributed by atoms with Crippen molar-refractivity contribution in [1.29, 1.82) is 0 Å². The van der Waals surface area contributed by atoms with Gasteiger partial charge in [-0.15, -0.1) is 24.0 Å². The highest BCUT2D eigenvalue weighted by Crippen LogP contribution is 2.38. The van der Waals surface area contributed by atoms with Crippen LogP contribution in [0.15, 0.2) is 17.1 Å². The molecule has 0 unspecified atom stereocenters. The second-order valence-electron chi connectivity index (χ2n) is 5.34. The summed E-state index contributed by atoms with van der Waals surface area (Å²) in [6.45, 7) is -0.828. The number of benzene rings is 1. The number of hydrogen-bond acceptors (Lipinski definition) is 6. The molecule has 1 aromatic rings. The Morgan fingerprint density at radius 3 is 2.54 bits per heavy atom. The van der Waals surface area contributed by atoms with Crippen LogP contribution in [0.4, 0.5) is 8.78 Å². The van der Waals surface area contributed by atoms with Crippen LogP contribution >= 0.6 is 24.0 Å². The zero-order chi connectivity index (χ0) is 19.9. The molecule has 0 amide bonds. The van der Waals surface area contributed by atoms with Gasteiger partial charge in [-0.3, -0.25) is 4.99 Å². The Bertz CT molecular complexity index is 780. The normalized spacial score (nSPS) is 13.2. The first-order chi connectivity index (χ1) is 12.8. The number of alkyl halides is 2. The van der Waals surface area contributed by atoms with E-state index in [0.29, 0.717) is 29.6 Å². The summed E-state index contributed by atoms with van der Waals surface area (Å²) in [5, 5.41) is 5.86. The molecule has 3 N–H and O–H groups in total. The summed E-state index contributed by atoms with van der Waals surface area (Å²) < 4.78 is 65.4. The first-order valence-electron chi connectivity index (χ1n) is 8.13. The molecule has 0 radical (unpaired) electrons. The van der Waals surface area contributed by atoms with Crippen molar-refractivity contribution in [3.8, 4) is 17.2 Å². The van der Waals surface area contributed by atoms with Crippen LogP contribution in [-0.4, -0.2) is 53.7 Å². The monoisotopic (exact) mass is 536 g/mol. The predicted octanol–water partition coefficient (Wildman–Crippen LogP) is 1.24. The Morgan fingerprint density at radius 1 is 1.25 bits per heavy atom. The van der Waals surface area contributed by atoms with Crippen molar-refractivity contribution in [3.63, 3.8) is 0 Å². The number of rotatable bonds is 9. The molecule has 2 rings (SSSR count). The van der Waals surface area contributed by atoms with E-state index in [1.165, 1.54) is 13.1 Å². The minimum Gasteiger partial charge on any atom is -0.454 e. The third kappa shape index (κ3) is 7.43. The molecule has 0 spiro atoms. The number of fused-ring (bicyclic) bond motifs is 1. The quantitative estimate of drug-likeness (QED) is 0.189. The molecule has 28 heavy (non-hydrogen) atoms. The molecule has 0 fully saturated rings. The summed E-state index contributed by atoms with van der Waals surface area (Å²) >= 11 is 0. The van der Waals surface area contributed by atoms with Gasteiger partial charge in [-0.2, -0.15) is 8.78 Å². The second kappa shape index (κ2) is 11.4. The SMILES string of the molecule is CCS(=O)(=O)NCCNC(=NC)NCc1cc2c(cc1OC(F)F)OCO2.I. The minimum absolute atomic E-state index is 0. The number of ether oxygens (including phenoxy) is 3. The van der Waals surface area contributed by atoms with Crippen LogP contribution in [0.25, 0.3) is 0 Å². The molecular weight excluding hydrogens is 513 g/mol. The third-order valence-electron chi connectivity index (χ3n) is 3.56. The summed E-state index contributed by atoms with van der Waals surface area (Å²) in [5.74, 6) is 1.10. The van der Waals surface area contributed by atoms with Gasteiger partial charge in [-0.05, 0) is 13.0 Å². The zero-order valence-corrected chi connectivity index (χ0v) is 18.5. The molecule has 0 saturated carbocycles. The third-order valence-corrected chi connectivity index (χ3v) is 4.97. The van der Waals surface area contributed by atoms with Crippen LogP contribution in [0, 0.1) is 0 Å². The lowest BCUT2D eigenvalue weighted by atomic mass is 10.1. The predicted molar refractivity (Wildman–Crippen MR) is 110 cm³/mol. The van der Waals surface area contributed by atoms with Crippen LogP contribution < -0.4 is 29.6 Å². The van der Waals surface area contributed by atoms with Gasteiger partial charge in [0.15, 0.2) is 17.5 Å². The van der Waals surface area contributed by atoms with Crippen molar-refractivity contribution in [3.05, 3.63) is 17.7 Å². The number of hydrogen-bond donors (Lipinski definition) is 3. The van der Waals surface area contributed by atoms with Gasteiger partial charge in [0.1, 0.15) is 5.75 Å². The van der Waals surface area contributed by atoms with Crippen LogP contribution in [0.1, 0.15) is 12.5 Å². The summed E-state index contributed by atoms with van der Waals surface area (Å²) in [6.07, 6.45) is 0. The van der Waals surface area contributed by atoms with Gasteiger partial charge in [0.2, 0.25) is 16.8 Å². The maximum absolute atomic E-state index is 12.6. The number of guanidine groups is 1. The molecule has 0 saturated heterocycles. The Labute approximate surface area is 179 Å². The van der Waals surface area contributed by atoms with Crippen molar-refractivity contribution in [2.75, 3.05) is 32.7 Å². The number of aliphatic imine (C=N–C) groups is 1. The molecule has 0 atom stereocenters. The van der Waals surface area contributed by atoms with Crippen LogP contribution in [0.3, 0.4) is 0 Å². The summed E-state index contributed by atoms with van der Waals surface area (Å²) in [4.78, 5) is 3.99. The molecule has 13 heteroatoms. The fraction of sp³-hybridized carbons (Fsp3) is 0.533. The molecule has 9 nitrogen and oxygen atoms in total. The summed E-state index contributed by atoms with van der Waals surface area (Å²) in [6, 6.07) is 2.90. The lowest BCUT2D eigenvalue weighted by molar-refractivity contribution is -0.0505. The van der Waals surface area contributed by atoms with E-state index in [1.54, 1.807) is 13.0 Å². The van der Waals surface area contributed by atoms with E-state index in [-0.39, 0.29) is 55.4 Å². The average molecular weight is 536 g/mol. The van der Waals surface area contributed by atoms with Crippen molar-refractivity contribution in [2.45, 2.75) is 20.1 Å². The van der Waals surface area contributed by atoms with Gasteiger partial charge in [0.05, 0.1) is 5.75 Å². The standard InChI is InChI=1S/C15H22F2N4O5S.HI/c1-3-27(22,23)21-5-4-19-15(18-2)20-8-10-6-12-13(25-9-24-12)7-11(10)26-14(16)17;/h6-7,14,21H,3-5,8-9H2,1-2H3,(H2,18,19,20);1H. The molecule has 160 valence electrons. The van der Waals surface area contributed by atoms with E-state index in [1.807, 2.05) is 0 Å². The lowest BCUT2D eigenvalue weighted by Gasteiger charge is -2.15. The number of sulfonamides is 1. The van der Waals surface area contributed by atoms with Gasteiger partial charge in [0.25, 0.3) is 0 Å². The topological polar surface area (TPSA) is 110 Å². The average Bonchev–Trinajstić information content (AvgIpc) is 3.07. The lowest BCUT2D eigenvalue weighted by Crippen LogP contribution is -2.41. The Balaban J connectivity index is 0.00000392. The largest absolute Gasteiger partial charge is 0.454 e. The van der Waals surface area contributed by atoms with Crippen molar-refractivity contribution in [1.82, 2.24) is 15.4 Å². The van der Waals surface area contributed by atoms with E-state index in [2.05, 4.69) is 25.1 Å². The van der Waals surface area contributed by atoms with E-state index >= 15 is 0 Å². The highest BCUT2D eigenvalue weighted by atomic mass is 127. The number of halogens is 3. The van der Waals surface area contributed by atoms with Gasteiger partial charge in [-0.1, -0.05) is 0 Å². The zero-order valence-electron chi connectivity index (χ0n) is 15.3. The van der Waals surface area contributed by atoms with Gasteiger partial charge in [0, 0.05) is 38.3 Å². The minimum atomic E-state index is -3.27. The van der Waals surface area contributed by atoms with E-state index in [9.17, 15) is 17.2 Å². The Kier molecular flexibility index (Phi) is 9.95. The van der Waals surface area contributed by atoms with Gasteiger partial charge in [-0.25, -0.2) is 13.1 Å². The van der Waals surface area contributed by atoms with E-state index in [4.69, 9.17) is 9.47 Å². The van der Waals surface area contributed by atoms with E-state index in [0.717, 1.165) is 0 Å². The number of nitrogens with one attached hydrogen (secondary N) is 3. The molecule has 1 heterocycles. The van der Waals surface area contributed by atoms with Gasteiger partial charge < -0.3 is 24.8 Å². The molecule has 1 aromatic carbocycles. The molecule has 0 aromatic heterocycles. The van der Waals surface area contributed by atoms with E-state index < -0.39 is 16.6 Å². The van der Waals surface area contributed by atoms with Crippen LogP contribution in [0.2, 0.25) is 0 Å². The maximum atomic E-state index is 12.6. The Morgan fingerprint density at radius 2 is 1.93 bits per heavy atom. The summed E-state index contributed by atoms with van der Waals surface area (Å²) in [5.41, 5.74) is 0.425. The van der Waals surface area contributed by atoms with Crippen LogP contribution in [-0.2, 0) is 16.6 Å². The molecular formula is C15H23F2IN4O5S. The van der Waals surface area contributed by atoms with Crippen molar-refractivity contribution in [2.24, 2.45) is 4.99 Å². The second-order valence-corrected chi connectivity index (χ2v) is 7.44. The number of nitrogens with zero attached hydrogens (tertiary/aromatic N) is 1.